The minimum absolute atomic E-state index is 0.255. The molecule has 2 aliphatic heterocycles. The van der Waals surface area contributed by atoms with Crippen LogP contribution in [0.3, 0.4) is 0 Å². The highest BCUT2D eigenvalue weighted by atomic mass is 19.3. The smallest absolute Gasteiger partial charge is 0.267 e. The summed E-state index contributed by atoms with van der Waals surface area (Å²) in [6, 6.07) is 5.45. The van der Waals surface area contributed by atoms with E-state index in [2.05, 4.69) is 10.6 Å². The molecular formula is C15H22F2N2O. The molecular weight excluding hydrogens is 262 g/mol. The standard InChI is InChI=1S/C13H16F2N2O.C2H6/c14-13(15)8-16-5-4-10(13)9-2-1-3-11-12(9)18-7-6-17-11;1-2/h1-3,10,16-17H,4-8H2;1-2H3. The summed E-state index contributed by atoms with van der Waals surface area (Å²) < 4.78 is 33.6. The molecule has 1 aromatic rings. The molecule has 0 saturated carbocycles. The number of fused-ring (bicyclic) bond motifs is 1. The highest BCUT2D eigenvalue weighted by Crippen LogP contribution is 2.44. The van der Waals surface area contributed by atoms with Gasteiger partial charge in [0.15, 0.2) is 0 Å². The molecule has 2 N–H and O–H groups in total. The molecule has 1 atom stereocenters. The van der Waals surface area contributed by atoms with Crippen molar-refractivity contribution in [2.24, 2.45) is 0 Å². The Balaban J connectivity index is 0.000000704. The molecule has 5 heteroatoms. The Morgan fingerprint density at radius 2 is 2.05 bits per heavy atom. The Morgan fingerprint density at radius 3 is 2.80 bits per heavy atom. The molecule has 1 aromatic carbocycles. The lowest BCUT2D eigenvalue weighted by atomic mass is 9.86. The molecule has 2 heterocycles. The fraction of sp³-hybridized carbons (Fsp3) is 0.600. The fourth-order valence-electron chi connectivity index (χ4n) is 2.69. The summed E-state index contributed by atoms with van der Waals surface area (Å²) in [7, 11) is 0. The predicted molar refractivity (Wildman–Crippen MR) is 76.9 cm³/mol. The molecule has 0 spiro atoms. The van der Waals surface area contributed by atoms with Gasteiger partial charge in [-0.2, -0.15) is 0 Å². The third-order valence-electron chi connectivity index (χ3n) is 3.57. The third kappa shape index (κ3) is 2.87. The molecule has 0 aliphatic carbocycles. The number of halogens is 2. The van der Waals surface area contributed by atoms with Crippen LogP contribution in [-0.4, -0.2) is 32.2 Å². The van der Waals surface area contributed by atoms with Gasteiger partial charge in [0, 0.05) is 12.1 Å². The van der Waals surface area contributed by atoms with Crippen LogP contribution in [0.5, 0.6) is 5.75 Å². The number of hydrogen-bond acceptors (Lipinski definition) is 3. The van der Waals surface area contributed by atoms with Crippen molar-refractivity contribution in [3.05, 3.63) is 23.8 Å². The Labute approximate surface area is 118 Å². The van der Waals surface area contributed by atoms with Crippen molar-refractivity contribution < 1.29 is 13.5 Å². The lowest BCUT2D eigenvalue weighted by Gasteiger charge is -2.34. The van der Waals surface area contributed by atoms with E-state index in [4.69, 9.17) is 4.74 Å². The Morgan fingerprint density at radius 1 is 1.25 bits per heavy atom. The van der Waals surface area contributed by atoms with Crippen LogP contribution in [0.25, 0.3) is 0 Å². The second-order valence-electron chi connectivity index (χ2n) is 4.78. The van der Waals surface area contributed by atoms with E-state index in [9.17, 15) is 8.78 Å². The Hall–Kier alpha value is -1.36. The number of hydrogen-bond donors (Lipinski definition) is 2. The third-order valence-corrected chi connectivity index (χ3v) is 3.57. The van der Waals surface area contributed by atoms with Gasteiger partial charge in [0.1, 0.15) is 12.4 Å². The van der Waals surface area contributed by atoms with Crippen molar-refractivity contribution in [3.8, 4) is 5.75 Å². The summed E-state index contributed by atoms with van der Waals surface area (Å²) in [5, 5.41) is 5.93. The number of alkyl halides is 2. The second kappa shape index (κ2) is 6.39. The summed E-state index contributed by atoms with van der Waals surface area (Å²) in [6.45, 7) is 5.62. The van der Waals surface area contributed by atoms with E-state index in [1.165, 1.54) is 0 Å². The highest BCUT2D eigenvalue weighted by molar-refractivity contribution is 5.62. The van der Waals surface area contributed by atoms with Gasteiger partial charge in [-0.15, -0.1) is 0 Å². The van der Waals surface area contributed by atoms with Gasteiger partial charge in [-0.3, -0.25) is 0 Å². The topological polar surface area (TPSA) is 33.3 Å². The van der Waals surface area contributed by atoms with E-state index >= 15 is 0 Å². The average molecular weight is 284 g/mol. The quantitative estimate of drug-likeness (QED) is 0.830. The maximum Gasteiger partial charge on any atom is 0.267 e. The van der Waals surface area contributed by atoms with Gasteiger partial charge in [-0.25, -0.2) is 8.78 Å². The van der Waals surface area contributed by atoms with E-state index in [-0.39, 0.29) is 6.54 Å². The van der Waals surface area contributed by atoms with E-state index in [0.29, 0.717) is 30.9 Å². The first-order chi connectivity index (χ1) is 9.68. The van der Waals surface area contributed by atoms with Gasteiger partial charge >= 0.3 is 0 Å². The molecule has 20 heavy (non-hydrogen) atoms. The van der Waals surface area contributed by atoms with Crippen LogP contribution in [-0.2, 0) is 0 Å². The van der Waals surface area contributed by atoms with Crippen LogP contribution >= 0.6 is 0 Å². The molecule has 0 amide bonds. The summed E-state index contributed by atoms with van der Waals surface area (Å²) in [5.74, 6) is -2.86. The summed E-state index contributed by atoms with van der Waals surface area (Å²) in [4.78, 5) is 0. The second-order valence-corrected chi connectivity index (χ2v) is 4.78. The van der Waals surface area contributed by atoms with Crippen molar-refractivity contribution in [2.75, 3.05) is 31.6 Å². The van der Waals surface area contributed by atoms with E-state index < -0.39 is 11.8 Å². The van der Waals surface area contributed by atoms with Crippen molar-refractivity contribution >= 4 is 5.69 Å². The van der Waals surface area contributed by atoms with Crippen molar-refractivity contribution in [1.82, 2.24) is 5.32 Å². The highest BCUT2D eigenvalue weighted by Gasteiger charge is 2.44. The lowest BCUT2D eigenvalue weighted by Crippen LogP contribution is -2.44. The molecule has 1 fully saturated rings. The van der Waals surface area contributed by atoms with Crippen LogP contribution in [0.15, 0.2) is 18.2 Å². The molecule has 2 aliphatic rings. The summed E-state index contributed by atoms with van der Waals surface area (Å²) >= 11 is 0. The molecule has 0 radical (unpaired) electrons. The van der Waals surface area contributed by atoms with Gasteiger partial charge in [-0.1, -0.05) is 26.0 Å². The molecule has 0 bridgehead atoms. The van der Waals surface area contributed by atoms with Crippen LogP contribution in [0, 0.1) is 0 Å². The number of nitrogens with one attached hydrogen (secondary N) is 2. The van der Waals surface area contributed by atoms with E-state index in [1.54, 1.807) is 6.07 Å². The Bertz CT molecular complexity index is 451. The minimum Gasteiger partial charge on any atom is -0.489 e. The summed E-state index contributed by atoms with van der Waals surface area (Å²) in [5.41, 5.74) is 1.46. The average Bonchev–Trinajstić information content (AvgIpc) is 2.49. The first kappa shape index (κ1) is 15.0. The fourth-order valence-corrected chi connectivity index (χ4v) is 2.69. The van der Waals surface area contributed by atoms with E-state index in [0.717, 1.165) is 12.2 Å². The molecule has 3 nitrogen and oxygen atoms in total. The van der Waals surface area contributed by atoms with Gasteiger partial charge in [-0.05, 0) is 19.0 Å². The van der Waals surface area contributed by atoms with Crippen LogP contribution in [0.1, 0.15) is 31.7 Å². The zero-order valence-electron chi connectivity index (χ0n) is 12.0. The summed E-state index contributed by atoms with van der Waals surface area (Å²) in [6.07, 6.45) is 0.437. The number of benzene rings is 1. The monoisotopic (exact) mass is 284 g/mol. The van der Waals surface area contributed by atoms with Crippen molar-refractivity contribution in [2.45, 2.75) is 32.1 Å². The number of para-hydroxylation sites is 1. The molecule has 1 saturated heterocycles. The van der Waals surface area contributed by atoms with Gasteiger partial charge in [0.2, 0.25) is 0 Å². The number of piperidine rings is 1. The molecule has 0 aromatic heterocycles. The zero-order chi connectivity index (χ0) is 14.6. The van der Waals surface area contributed by atoms with Gasteiger partial charge in [0.25, 0.3) is 5.92 Å². The van der Waals surface area contributed by atoms with Gasteiger partial charge < -0.3 is 15.4 Å². The molecule has 3 rings (SSSR count). The van der Waals surface area contributed by atoms with Crippen LogP contribution in [0.4, 0.5) is 14.5 Å². The first-order valence-electron chi connectivity index (χ1n) is 7.26. The number of ether oxygens (including phenoxy) is 1. The largest absolute Gasteiger partial charge is 0.489 e. The molecule has 1 unspecified atom stereocenters. The van der Waals surface area contributed by atoms with Crippen LogP contribution in [0.2, 0.25) is 0 Å². The number of rotatable bonds is 1. The van der Waals surface area contributed by atoms with Crippen LogP contribution < -0.4 is 15.4 Å². The lowest BCUT2D eigenvalue weighted by molar-refractivity contribution is -0.0427. The Kier molecular flexibility index (Phi) is 4.81. The maximum atomic E-state index is 14.0. The normalized spacial score (nSPS) is 23.5. The maximum absolute atomic E-state index is 14.0. The van der Waals surface area contributed by atoms with Crippen molar-refractivity contribution in [1.29, 1.82) is 0 Å². The zero-order valence-corrected chi connectivity index (χ0v) is 12.0. The minimum atomic E-state index is -2.71. The molecule has 112 valence electrons. The van der Waals surface area contributed by atoms with Gasteiger partial charge in [0.05, 0.1) is 18.2 Å². The number of anilines is 1. The van der Waals surface area contributed by atoms with Crippen molar-refractivity contribution in [3.63, 3.8) is 0 Å². The SMILES string of the molecule is CC.FC1(F)CNCCC1c1cccc2c1OCCN2. The predicted octanol–water partition coefficient (Wildman–Crippen LogP) is 3.23. The first-order valence-corrected chi connectivity index (χ1v) is 7.26. The van der Waals surface area contributed by atoms with E-state index in [1.807, 2.05) is 26.0 Å².